The molecule has 154 valence electrons. The minimum atomic E-state index is -1.26. The van der Waals surface area contributed by atoms with E-state index in [4.69, 9.17) is 4.74 Å². The molecular weight excluding hydrogens is 380 g/mol. The zero-order valence-corrected chi connectivity index (χ0v) is 15.4. The highest BCUT2D eigenvalue weighted by atomic mass is 16.5. The maximum atomic E-state index is 13.1. The van der Waals surface area contributed by atoms with Gasteiger partial charge in [0.1, 0.15) is 23.7 Å². The Bertz CT molecular complexity index is 956. The van der Waals surface area contributed by atoms with Crippen molar-refractivity contribution in [3.05, 3.63) is 58.1 Å². The number of phenolic OH excluding ortho intramolecular Hbond substituents is 2. The Hall–Kier alpha value is -2.49. The largest absolute Gasteiger partial charge is 0.507 e. The van der Waals surface area contributed by atoms with E-state index < -0.39 is 42.7 Å². The standard InChI is InChI=1S/C21H22O8/c22-7-9-4-11-17(15-6-14(26)20(27)16(8-23)29-15)10-2-1-3-12(24)18(10)21(28)19(11)13(25)5-9/h1-5,14-17,20,22-27H,6-8H2/t14-,15-,16-,17+,20+/m1/s1. The molecule has 29 heavy (non-hydrogen) atoms. The third-order valence-corrected chi connectivity index (χ3v) is 5.74. The Labute approximate surface area is 166 Å². The number of ketones is 1. The summed E-state index contributed by atoms with van der Waals surface area (Å²) in [4.78, 5) is 13.1. The molecule has 0 aromatic heterocycles. The van der Waals surface area contributed by atoms with Gasteiger partial charge in [0.2, 0.25) is 5.78 Å². The van der Waals surface area contributed by atoms with E-state index in [1.807, 2.05) is 0 Å². The lowest BCUT2D eigenvalue weighted by Crippen LogP contribution is -2.51. The van der Waals surface area contributed by atoms with Gasteiger partial charge in [0.05, 0.1) is 36.5 Å². The van der Waals surface area contributed by atoms with Gasteiger partial charge in [-0.15, -0.1) is 0 Å². The number of fused-ring (bicyclic) bond motifs is 2. The van der Waals surface area contributed by atoms with Crippen molar-refractivity contribution in [2.75, 3.05) is 6.61 Å². The van der Waals surface area contributed by atoms with Crippen molar-refractivity contribution in [2.24, 2.45) is 0 Å². The third kappa shape index (κ3) is 3.09. The number of aliphatic hydroxyl groups excluding tert-OH is 4. The quantitative estimate of drug-likeness (QED) is 0.425. The molecule has 0 bridgehead atoms. The summed E-state index contributed by atoms with van der Waals surface area (Å²) in [7, 11) is 0. The zero-order valence-electron chi connectivity index (χ0n) is 15.4. The number of rotatable bonds is 3. The first-order valence-corrected chi connectivity index (χ1v) is 9.33. The molecule has 5 atom stereocenters. The maximum absolute atomic E-state index is 13.1. The molecule has 1 aliphatic heterocycles. The molecule has 6 N–H and O–H groups in total. The predicted octanol–water partition coefficient (Wildman–Crippen LogP) is 0.138. The van der Waals surface area contributed by atoms with E-state index >= 15 is 0 Å². The highest BCUT2D eigenvalue weighted by Gasteiger charge is 2.45. The number of benzene rings is 2. The van der Waals surface area contributed by atoms with Gasteiger partial charge in [0.15, 0.2) is 0 Å². The summed E-state index contributed by atoms with van der Waals surface area (Å²) in [5, 5.41) is 60.2. The molecule has 8 heteroatoms. The van der Waals surface area contributed by atoms with Gasteiger partial charge in [-0.1, -0.05) is 18.2 Å². The van der Waals surface area contributed by atoms with E-state index in [9.17, 15) is 35.4 Å². The van der Waals surface area contributed by atoms with E-state index in [0.717, 1.165) is 0 Å². The summed E-state index contributed by atoms with van der Waals surface area (Å²) in [6.45, 7) is -0.872. The zero-order chi connectivity index (χ0) is 20.9. The van der Waals surface area contributed by atoms with E-state index in [1.54, 1.807) is 18.2 Å². The molecule has 1 aliphatic carbocycles. The first-order chi connectivity index (χ1) is 13.9. The van der Waals surface area contributed by atoms with Crippen molar-refractivity contribution >= 4 is 5.78 Å². The minimum absolute atomic E-state index is 0.00837. The Morgan fingerprint density at radius 2 is 1.72 bits per heavy atom. The van der Waals surface area contributed by atoms with E-state index in [2.05, 4.69) is 0 Å². The van der Waals surface area contributed by atoms with Crippen LogP contribution < -0.4 is 0 Å². The summed E-state index contributed by atoms with van der Waals surface area (Å²) in [5.74, 6) is -1.81. The smallest absolute Gasteiger partial charge is 0.201 e. The fourth-order valence-electron chi connectivity index (χ4n) is 4.40. The van der Waals surface area contributed by atoms with Crippen molar-refractivity contribution < 1.29 is 40.2 Å². The van der Waals surface area contributed by atoms with Crippen molar-refractivity contribution in [3.8, 4) is 11.5 Å². The van der Waals surface area contributed by atoms with Crippen LogP contribution in [-0.2, 0) is 11.3 Å². The molecule has 0 radical (unpaired) electrons. The van der Waals surface area contributed by atoms with E-state index in [1.165, 1.54) is 12.1 Å². The Balaban J connectivity index is 1.92. The van der Waals surface area contributed by atoms with Crippen LogP contribution in [0.2, 0.25) is 0 Å². The molecule has 0 amide bonds. The second-order valence-corrected chi connectivity index (χ2v) is 7.47. The number of aliphatic hydroxyl groups is 4. The SMILES string of the molecule is O=C1c2c(O)cccc2[C@H]([C@H]2C[C@@H](O)[C@H](O)[C@@H](CO)O2)c2cc(CO)cc(O)c21. The molecule has 2 aromatic rings. The second kappa shape index (κ2) is 7.40. The summed E-state index contributed by atoms with van der Waals surface area (Å²) >= 11 is 0. The van der Waals surface area contributed by atoms with Gasteiger partial charge < -0.3 is 35.4 Å². The first-order valence-electron chi connectivity index (χ1n) is 9.33. The second-order valence-electron chi connectivity index (χ2n) is 7.47. The van der Waals surface area contributed by atoms with Crippen LogP contribution in [0, 0.1) is 0 Å². The van der Waals surface area contributed by atoms with Gasteiger partial charge in [-0.05, 0) is 28.8 Å². The number of carbonyl (C=O) groups is 1. The lowest BCUT2D eigenvalue weighted by atomic mass is 9.72. The highest BCUT2D eigenvalue weighted by Crippen LogP contribution is 2.47. The van der Waals surface area contributed by atoms with Gasteiger partial charge >= 0.3 is 0 Å². The van der Waals surface area contributed by atoms with E-state index in [-0.39, 0.29) is 35.7 Å². The van der Waals surface area contributed by atoms with Crippen molar-refractivity contribution in [1.29, 1.82) is 0 Å². The molecule has 1 saturated heterocycles. The minimum Gasteiger partial charge on any atom is -0.507 e. The van der Waals surface area contributed by atoms with Crippen LogP contribution in [0.4, 0.5) is 0 Å². The summed E-state index contributed by atoms with van der Waals surface area (Å²) in [6, 6.07) is 7.47. The first kappa shape index (κ1) is 19.8. The number of phenols is 2. The van der Waals surface area contributed by atoms with Crippen molar-refractivity contribution in [2.45, 2.75) is 43.4 Å². The monoisotopic (exact) mass is 402 g/mol. The fraction of sp³-hybridized carbons (Fsp3) is 0.381. The fourth-order valence-corrected chi connectivity index (χ4v) is 4.40. The van der Waals surface area contributed by atoms with Crippen LogP contribution in [-0.4, -0.2) is 67.4 Å². The third-order valence-electron chi connectivity index (χ3n) is 5.74. The van der Waals surface area contributed by atoms with Gasteiger partial charge in [-0.2, -0.15) is 0 Å². The number of aromatic hydroxyl groups is 2. The summed E-state index contributed by atoms with van der Waals surface area (Å²) in [5.41, 5.74) is 1.25. The molecular formula is C21H22O8. The summed E-state index contributed by atoms with van der Waals surface area (Å²) < 4.78 is 5.86. The van der Waals surface area contributed by atoms with Crippen LogP contribution in [0.1, 0.15) is 45.0 Å². The van der Waals surface area contributed by atoms with Crippen LogP contribution in [0.15, 0.2) is 30.3 Å². The number of hydrogen-bond donors (Lipinski definition) is 6. The van der Waals surface area contributed by atoms with Crippen LogP contribution in [0.25, 0.3) is 0 Å². The Kier molecular flexibility index (Phi) is 5.05. The molecule has 2 aromatic carbocycles. The molecule has 1 fully saturated rings. The number of carbonyl (C=O) groups excluding carboxylic acids is 1. The lowest BCUT2D eigenvalue weighted by Gasteiger charge is -2.42. The Morgan fingerprint density at radius 1 is 1.00 bits per heavy atom. The van der Waals surface area contributed by atoms with Crippen LogP contribution in [0.3, 0.4) is 0 Å². The van der Waals surface area contributed by atoms with Crippen LogP contribution in [0.5, 0.6) is 11.5 Å². The molecule has 4 rings (SSSR count). The topological polar surface area (TPSA) is 148 Å². The van der Waals surface area contributed by atoms with Crippen molar-refractivity contribution in [3.63, 3.8) is 0 Å². The molecule has 2 aliphatic rings. The van der Waals surface area contributed by atoms with Gasteiger partial charge in [-0.25, -0.2) is 0 Å². The number of ether oxygens (including phenoxy) is 1. The Morgan fingerprint density at radius 3 is 2.41 bits per heavy atom. The molecule has 0 unspecified atom stereocenters. The van der Waals surface area contributed by atoms with Crippen molar-refractivity contribution in [1.82, 2.24) is 0 Å². The number of hydrogen-bond acceptors (Lipinski definition) is 8. The molecule has 8 nitrogen and oxygen atoms in total. The predicted molar refractivity (Wildman–Crippen MR) is 99.8 cm³/mol. The molecule has 1 heterocycles. The highest BCUT2D eigenvalue weighted by molar-refractivity contribution is 6.16. The van der Waals surface area contributed by atoms with Gasteiger partial charge in [0.25, 0.3) is 0 Å². The molecule has 0 spiro atoms. The average molecular weight is 402 g/mol. The average Bonchev–Trinajstić information content (AvgIpc) is 2.69. The van der Waals surface area contributed by atoms with Gasteiger partial charge in [0, 0.05) is 12.3 Å². The maximum Gasteiger partial charge on any atom is 0.201 e. The summed E-state index contributed by atoms with van der Waals surface area (Å²) in [6.07, 6.45) is -4.20. The normalized spacial score (nSPS) is 28.7. The van der Waals surface area contributed by atoms with E-state index in [0.29, 0.717) is 16.7 Å². The molecule has 0 saturated carbocycles. The lowest BCUT2D eigenvalue weighted by molar-refractivity contribution is -0.182. The van der Waals surface area contributed by atoms with Crippen LogP contribution >= 0.6 is 0 Å². The van der Waals surface area contributed by atoms with Gasteiger partial charge in [-0.3, -0.25) is 4.79 Å².